The van der Waals surface area contributed by atoms with Gasteiger partial charge >= 0.3 is 15.2 Å². The Morgan fingerprint density at radius 3 is 2.33 bits per heavy atom. The van der Waals surface area contributed by atoms with Crippen molar-refractivity contribution in [3.8, 4) is 0 Å². The molecule has 23 heteroatoms. The van der Waals surface area contributed by atoms with Crippen LogP contribution in [0.5, 0.6) is 0 Å². The number of amides is 1. The highest BCUT2D eigenvalue weighted by molar-refractivity contribution is 7.70. The number of nitrogen functional groups attached to an aromatic ring is 1. The number of hydrogen-bond donors (Lipinski definition) is 7. The minimum atomic E-state index is -4.91. The fourth-order valence-corrected chi connectivity index (χ4v) is 8.53. The summed E-state index contributed by atoms with van der Waals surface area (Å²) in [6.07, 6.45) is -10.2. The highest BCUT2D eigenvalue weighted by Gasteiger charge is 2.48. The van der Waals surface area contributed by atoms with Crippen LogP contribution in [0.4, 0.5) is 10.2 Å². The van der Waals surface area contributed by atoms with Gasteiger partial charge in [-0.1, -0.05) is 0 Å². The number of anilines is 1. The van der Waals surface area contributed by atoms with Gasteiger partial charge in [-0.25, -0.2) is 24.3 Å². The smallest absolute Gasteiger partial charge is 0.340 e. The molecule has 10 unspecified atom stereocenters. The zero-order valence-electron chi connectivity index (χ0n) is 21.6. The second-order valence-electron chi connectivity index (χ2n) is 9.60. The fraction of sp³-hybridized carbons (Fsp3) is 0.550. The molecule has 2 aliphatic heterocycles. The summed E-state index contributed by atoms with van der Waals surface area (Å²) in [6, 6.07) is 0. The molecule has 0 radical (unpaired) electrons. The summed E-state index contributed by atoms with van der Waals surface area (Å²) in [4.78, 5) is 47.3. The topological polar surface area (TPSA) is 298 Å². The Morgan fingerprint density at radius 2 is 1.70 bits per heavy atom. The molecule has 0 aliphatic carbocycles. The molecule has 2 fully saturated rings. The number of halogens is 1. The fourth-order valence-electron chi connectivity index (χ4n) is 4.43. The highest BCUT2D eigenvalue weighted by Crippen LogP contribution is 2.59. The van der Waals surface area contributed by atoms with Crippen LogP contribution < -0.4 is 11.5 Å². The third-order valence-electron chi connectivity index (χ3n) is 6.57. The molecule has 3 aromatic rings. The molecule has 5 heterocycles. The van der Waals surface area contributed by atoms with Crippen LogP contribution in [0.2, 0.25) is 0 Å². The van der Waals surface area contributed by atoms with E-state index in [1.807, 2.05) is 0 Å². The van der Waals surface area contributed by atoms with Crippen molar-refractivity contribution in [3.63, 3.8) is 0 Å². The standard InChI is InChI=1S/C20H26FN7O12P2S/c21-10-12(29)8(40-20(10)28-5-26-11-16(22)24-4-25-18(11)28)1-37-41(33,34)6-42(35,36)38-2-9-13(30)14(31)15(39-9)19-27-7(3-43-19)17(23)32/h3-5,8-10,12-15,20,29-31H,1-2,6H2,(H2,23,32)(H,33,34)(H,35,36)(H2,22,24,25). The van der Waals surface area contributed by atoms with Gasteiger partial charge < -0.3 is 55.1 Å². The average molecular weight is 669 g/mol. The summed E-state index contributed by atoms with van der Waals surface area (Å²) in [5.74, 6) is -2.22. The predicted molar refractivity (Wildman–Crippen MR) is 141 cm³/mol. The molecule has 2 saturated heterocycles. The summed E-state index contributed by atoms with van der Waals surface area (Å²) in [5.41, 5.74) is 11.1. The van der Waals surface area contributed by atoms with Crippen LogP contribution in [-0.4, -0.2) is 111 Å². The van der Waals surface area contributed by atoms with E-state index < -0.39 is 89.2 Å². The van der Waals surface area contributed by atoms with Crippen LogP contribution in [0.3, 0.4) is 0 Å². The van der Waals surface area contributed by atoms with Gasteiger partial charge in [0.05, 0.1) is 19.5 Å². The number of hydrogen-bond acceptors (Lipinski definition) is 16. The third kappa shape index (κ3) is 6.63. The number of alkyl halides is 1. The van der Waals surface area contributed by atoms with Gasteiger partial charge in [-0.15, -0.1) is 11.3 Å². The number of aliphatic hydroxyl groups excluding tert-OH is 3. The molecule has 10 atom stereocenters. The number of fused-ring (bicyclic) bond motifs is 1. The minimum Gasteiger partial charge on any atom is -0.387 e. The van der Waals surface area contributed by atoms with Crippen LogP contribution in [0.15, 0.2) is 18.0 Å². The number of nitrogens with zero attached hydrogens (tertiary/aromatic N) is 5. The summed E-state index contributed by atoms with van der Waals surface area (Å²) < 4.78 is 61.9. The Kier molecular flexibility index (Phi) is 8.98. The lowest BCUT2D eigenvalue weighted by Crippen LogP contribution is -2.33. The van der Waals surface area contributed by atoms with Crippen LogP contribution in [0.25, 0.3) is 11.2 Å². The number of carbonyl (C=O) groups excluding carboxylic acids is 1. The van der Waals surface area contributed by atoms with Gasteiger partial charge in [-0.3, -0.25) is 18.5 Å². The molecule has 2 aliphatic rings. The number of nitrogens with two attached hydrogens (primary N) is 2. The van der Waals surface area contributed by atoms with E-state index in [-0.39, 0.29) is 27.7 Å². The molecule has 236 valence electrons. The maximum atomic E-state index is 14.9. The summed E-state index contributed by atoms with van der Waals surface area (Å²) in [7, 11) is -9.79. The number of rotatable bonds is 11. The molecular weight excluding hydrogens is 643 g/mol. The van der Waals surface area contributed by atoms with Gasteiger partial charge in [-0.2, -0.15) is 0 Å². The number of imidazole rings is 1. The zero-order valence-corrected chi connectivity index (χ0v) is 24.2. The molecule has 0 bridgehead atoms. The zero-order chi connectivity index (χ0) is 31.3. The first-order chi connectivity index (χ1) is 20.2. The number of ether oxygens (including phenoxy) is 2. The molecule has 3 aromatic heterocycles. The molecule has 19 nitrogen and oxygen atoms in total. The second-order valence-corrected chi connectivity index (χ2v) is 14.7. The van der Waals surface area contributed by atoms with Crippen molar-refractivity contribution in [3.05, 3.63) is 28.7 Å². The van der Waals surface area contributed by atoms with E-state index in [0.29, 0.717) is 0 Å². The summed E-state index contributed by atoms with van der Waals surface area (Å²) >= 11 is 0.925. The van der Waals surface area contributed by atoms with Crippen LogP contribution in [-0.2, 0) is 27.7 Å². The Labute approximate surface area is 244 Å². The first kappa shape index (κ1) is 31.9. The van der Waals surface area contributed by atoms with E-state index in [1.165, 1.54) is 11.7 Å². The van der Waals surface area contributed by atoms with E-state index in [0.717, 1.165) is 22.2 Å². The predicted octanol–water partition coefficient (Wildman–Crippen LogP) is -1.22. The van der Waals surface area contributed by atoms with Gasteiger partial charge in [0.15, 0.2) is 29.8 Å². The number of aromatic nitrogens is 5. The van der Waals surface area contributed by atoms with Gasteiger partial charge in [-0.05, 0) is 0 Å². The lowest BCUT2D eigenvalue weighted by Gasteiger charge is -2.21. The van der Waals surface area contributed by atoms with Crippen LogP contribution >= 0.6 is 26.5 Å². The first-order valence-corrected chi connectivity index (χ1v) is 16.7. The molecule has 0 spiro atoms. The normalized spacial score (nSPS) is 32.1. The lowest BCUT2D eigenvalue weighted by molar-refractivity contribution is -0.0425. The van der Waals surface area contributed by atoms with E-state index in [1.54, 1.807) is 0 Å². The van der Waals surface area contributed by atoms with Crippen molar-refractivity contribution in [2.75, 3.05) is 24.9 Å². The van der Waals surface area contributed by atoms with Crippen molar-refractivity contribution in [2.24, 2.45) is 5.73 Å². The average Bonchev–Trinajstić information content (AvgIpc) is 3.70. The van der Waals surface area contributed by atoms with Crippen molar-refractivity contribution < 1.29 is 61.9 Å². The van der Waals surface area contributed by atoms with E-state index in [4.69, 9.17) is 30.0 Å². The van der Waals surface area contributed by atoms with E-state index >= 15 is 0 Å². The number of thiazole rings is 1. The molecule has 0 saturated carbocycles. The monoisotopic (exact) mass is 669 g/mol. The lowest BCUT2D eigenvalue weighted by atomic mass is 10.1. The summed E-state index contributed by atoms with van der Waals surface area (Å²) in [6.45, 7) is -1.64. The quantitative estimate of drug-likeness (QED) is 0.118. The number of primary amides is 1. The number of aliphatic hydroxyl groups is 3. The van der Waals surface area contributed by atoms with Crippen LogP contribution in [0.1, 0.15) is 27.8 Å². The Bertz CT molecular complexity index is 1600. The first-order valence-electron chi connectivity index (χ1n) is 12.3. The molecule has 43 heavy (non-hydrogen) atoms. The maximum Gasteiger partial charge on any atom is 0.340 e. The van der Waals surface area contributed by atoms with Crippen molar-refractivity contribution in [1.82, 2.24) is 24.5 Å². The Hall–Kier alpha value is -2.52. The third-order valence-corrected chi connectivity index (χ3v) is 11.4. The van der Waals surface area contributed by atoms with Gasteiger partial charge in [0, 0.05) is 5.38 Å². The molecule has 5 rings (SSSR count). The van der Waals surface area contributed by atoms with E-state index in [2.05, 4.69) is 19.9 Å². The SMILES string of the molecule is NC(=O)c1csc(C2OC(COP(=O)(O)CP(=O)(O)OCC3OC(n4cnc5c(N)ncnc54)C(F)C3O)C(O)C2O)n1. The molecule has 0 aromatic carbocycles. The largest absolute Gasteiger partial charge is 0.387 e. The molecule has 9 N–H and O–H groups in total. The summed E-state index contributed by atoms with van der Waals surface area (Å²) in [5, 5.41) is 32.3. The van der Waals surface area contributed by atoms with Gasteiger partial charge in [0.2, 0.25) is 0 Å². The Morgan fingerprint density at radius 1 is 1.05 bits per heavy atom. The van der Waals surface area contributed by atoms with Gasteiger partial charge in [0.1, 0.15) is 59.2 Å². The van der Waals surface area contributed by atoms with Crippen molar-refractivity contribution >= 4 is 49.4 Å². The second kappa shape index (κ2) is 12.1. The van der Waals surface area contributed by atoms with Crippen molar-refractivity contribution in [2.45, 2.75) is 49.0 Å². The maximum absolute atomic E-state index is 14.9. The van der Waals surface area contributed by atoms with Crippen LogP contribution in [0, 0.1) is 0 Å². The highest BCUT2D eigenvalue weighted by atomic mass is 32.1. The van der Waals surface area contributed by atoms with E-state index in [9.17, 15) is 43.4 Å². The minimum absolute atomic E-state index is 0.0257. The Balaban J connectivity index is 1.15. The van der Waals surface area contributed by atoms with Crippen molar-refractivity contribution in [1.29, 1.82) is 0 Å². The van der Waals surface area contributed by atoms with Gasteiger partial charge in [0.25, 0.3) is 5.91 Å². The number of carbonyl (C=O) groups is 1. The molecular formula is C20H26FN7O12P2S. The molecule has 1 amide bonds.